The Balaban J connectivity index is 2.42. The van der Waals surface area contributed by atoms with Crippen molar-refractivity contribution in [1.82, 2.24) is 4.98 Å². The number of hydrogen-bond donors (Lipinski definition) is 2. The van der Waals surface area contributed by atoms with Gasteiger partial charge < -0.3 is 10.1 Å². The van der Waals surface area contributed by atoms with Crippen LogP contribution in [0, 0.1) is 6.92 Å². The summed E-state index contributed by atoms with van der Waals surface area (Å²) in [5.41, 5.74) is 2.19. The summed E-state index contributed by atoms with van der Waals surface area (Å²) in [7, 11) is 0. The molecule has 0 bridgehead atoms. The van der Waals surface area contributed by atoms with Gasteiger partial charge in [-0.2, -0.15) is 0 Å². The van der Waals surface area contributed by atoms with E-state index in [1.807, 2.05) is 37.3 Å². The summed E-state index contributed by atoms with van der Waals surface area (Å²) in [6, 6.07) is 10.8. The molecule has 2 aromatic rings. The van der Waals surface area contributed by atoms with Gasteiger partial charge in [0, 0.05) is 17.8 Å². The van der Waals surface area contributed by atoms with E-state index in [4.69, 9.17) is 0 Å². The fourth-order valence-corrected chi connectivity index (χ4v) is 1.69. The molecule has 0 amide bonds. The third-order valence-electron chi connectivity index (χ3n) is 2.58. The van der Waals surface area contributed by atoms with E-state index in [-0.39, 0.29) is 5.56 Å². The van der Waals surface area contributed by atoms with Gasteiger partial charge in [0.25, 0.3) is 0 Å². The number of pyridine rings is 1. The summed E-state index contributed by atoms with van der Waals surface area (Å²) in [5, 5.41) is 10.1. The Morgan fingerprint density at radius 3 is 2.56 bits per heavy atom. The lowest BCUT2D eigenvalue weighted by Crippen LogP contribution is -2.09. The van der Waals surface area contributed by atoms with Gasteiger partial charge in [-0.15, -0.1) is 0 Å². The number of H-pyrrole nitrogens is 1. The molecule has 1 heterocycles. The highest BCUT2D eigenvalue weighted by atomic mass is 16.3. The van der Waals surface area contributed by atoms with Crippen molar-refractivity contribution in [2.75, 3.05) is 0 Å². The van der Waals surface area contributed by atoms with Crippen molar-refractivity contribution in [2.45, 2.75) is 13.0 Å². The predicted molar refractivity (Wildman–Crippen MR) is 62.3 cm³/mol. The Labute approximate surface area is 93.4 Å². The van der Waals surface area contributed by atoms with Crippen LogP contribution in [0.15, 0.2) is 47.4 Å². The first kappa shape index (κ1) is 10.6. The molecule has 0 aliphatic carbocycles. The Morgan fingerprint density at radius 2 is 1.94 bits per heavy atom. The average molecular weight is 215 g/mol. The number of benzene rings is 1. The number of aliphatic hydroxyl groups is 1. The summed E-state index contributed by atoms with van der Waals surface area (Å²) >= 11 is 0. The number of aryl methyl sites for hydroxylation is 1. The second-order valence-corrected chi connectivity index (χ2v) is 3.75. The zero-order valence-corrected chi connectivity index (χ0v) is 8.97. The highest BCUT2D eigenvalue weighted by molar-refractivity contribution is 5.32. The average Bonchev–Trinajstić information content (AvgIpc) is 2.29. The second kappa shape index (κ2) is 4.33. The molecule has 3 heteroatoms. The second-order valence-electron chi connectivity index (χ2n) is 3.75. The molecule has 2 N–H and O–H groups in total. The van der Waals surface area contributed by atoms with Crippen molar-refractivity contribution in [3.05, 3.63) is 69.6 Å². The molecule has 0 saturated heterocycles. The van der Waals surface area contributed by atoms with Crippen molar-refractivity contribution in [2.24, 2.45) is 0 Å². The molecule has 1 aromatic carbocycles. The third kappa shape index (κ3) is 2.04. The SMILES string of the molecule is Cc1cc(=O)[nH]cc1[C@H](O)c1ccccc1. The molecule has 3 nitrogen and oxygen atoms in total. The van der Waals surface area contributed by atoms with Crippen LogP contribution in [0.1, 0.15) is 22.8 Å². The molecule has 0 fully saturated rings. The van der Waals surface area contributed by atoms with Crippen molar-refractivity contribution in [3.8, 4) is 0 Å². The quantitative estimate of drug-likeness (QED) is 0.802. The molecule has 0 radical (unpaired) electrons. The molecule has 0 aliphatic heterocycles. The predicted octanol–water partition coefficient (Wildman–Crippen LogP) is 1.77. The first-order valence-corrected chi connectivity index (χ1v) is 5.11. The minimum atomic E-state index is -0.696. The van der Waals surface area contributed by atoms with E-state index in [9.17, 15) is 9.90 Å². The van der Waals surface area contributed by atoms with E-state index in [1.165, 1.54) is 6.07 Å². The number of rotatable bonds is 2. The van der Waals surface area contributed by atoms with Gasteiger partial charge >= 0.3 is 0 Å². The van der Waals surface area contributed by atoms with Crippen LogP contribution in [0.25, 0.3) is 0 Å². The molecule has 1 aromatic heterocycles. The summed E-state index contributed by atoms with van der Waals surface area (Å²) in [4.78, 5) is 13.6. The summed E-state index contributed by atoms with van der Waals surface area (Å²) < 4.78 is 0. The standard InChI is InChI=1S/C13H13NO2/c1-9-7-12(15)14-8-11(9)13(16)10-5-3-2-4-6-10/h2-8,13,16H,1H3,(H,14,15)/t13-/m1/s1. The Hall–Kier alpha value is -1.87. The van der Waals surface area contributed by atoms with Crippen LogP contribution in [0.4, 0.5) is 0 Å². The third-order valence-corrected chi connectivity index (χ3v) is 2.58. The van der Waals surface area contributed by atoms with Gasteiger partial charge in [-0.05, 0) is 18.1 Å². The number of nitrogens with one attached hydrogen (secondary N) is 1. The maximum atomic E-state index is 11.1. The normalized spacial score (nSPS) is 12.4. The maximum absolute atomic E-state index is 11.1. The van der Waals surface area contributed by atoms with Gasteiger partial charge in [0.2, 0.25) is 5.56 Å². The summed E-state index contributed by atoms with van der Waals surface area (Å²) in [6.45, 7) is 1.82. The summed E-state index contributed by atoms with van der Waals surface area (Å²) in [5.74, 6) is 0. The molecule has 0 spiro atoms. The van der Waals surface area contributed by atoms with Crippen molar-refractivity contribution >= 4 is 0 Å². The van der Waals surface area contributed by atoms with E-state index >= 15 is 0 Å². The van der Waals surface area contributed by atoms with Gasteiger partial charge in [-0.25, -0.2) is 0 Å². The molecule has 1 atom stereocenters. The van der Waals surface area contributed by atoms with E-state index in [2.05, 4.69) is 4.98 Å². The number of aromatic nitrogens is 1. The molecule has 0 saturated carbocycles. The zero-order chi connectivity index (χ0) is 11.5. The largest absolute Gasteiger partial charge is 0.384 e. The van der Waals surface area contributed by atoms with Gasteiger partial charge in [-0.1, -0.05) is 30.3 Å². The molecule has 2 rings (SSSR count). The molecular formula is C13H13NO2. The molecule has 82 valence electrons. The zero-order valence-electron chi connectivity index (χ0n) is 8.97. The van der Waals surface area contributed by atoms with Crippen LogP contribution in [0.2, 0.25) is 0 Å². The fourth-order valence-electron chi connectivity index (χ4n) is 1.69. The lowest BCUT2D eigenvalue weighted by Gasteiger charge is -2.13. The van der Waals surface area contributed by atoms with E-state index in [0.717, 1.165) is 16.7 Å². The smallest absolute Gasteiger partial charge is 0.248 e. The van der Waals surface area contributed by atoms with Crippen LogP contribution < -0.4 is 5.56 Å². The highest BCUT2D eigenvalue weighted by Gasteiger charge is 2.12. The van der Waals surface area contributed by atoms with Crippen molar-refractivity contribution in [1.29, 1.82) is 0 Å². The minimum Gasteiger partial charge on any atom is -0.384 e. The van der Waals surface area contributed by atoms with E-state index < -0.39 is 6.10 Å². The Morgan fingerprint density at radius 1 is 1.25 bits per heavy atom. The van der Waals surface area contributed by atoms with Gasteiger partial charge in [-0.3, -0.25) is 4.79 Å². The van der Waals surface area contributed by atoms with Gasteiger partial charge in [0.15, 0.2) is 0 Å². The Bertz CT molecular complexity index is 531. The highest BCUT2D eigenvalue weighted by Crippen LogP contribution is 2.22. The van der Waals surface area contributed by atoms with Crippen LogP contribution in [-0.2, 0) is 0 Å². The van der Waals surface area contributed by atoms with Gasteiger partial charge in [0.1, 0.15) is 6.10 Å². The van der Waals surface area contributed by atoms with Crippen LogP contribution >= 0.6 is 0 Å². The van der Waals surface area contributed by atoms with Crippen molar-refractivity contribution in [3.63, 3.8) is 0 Å². The fraction of sp³-hybridized carbons (Fsp3) is 0.154. The number of hydrogen-bond acceptors (Lipinski definition) is 2. The lowest BCUT2D eigenvalue weighted by molar-refractivity contribution is 0.219. The first-order chi connectivity index (χ1) is 7.68. The van der Waals surface area contributed by atoms with E-state index in [0.29, 0.717) is 0 Å². The summed E-state index contributed by atoms with van der Waals surface area (Å²) in [6.07, 6.45) is 0.869. The molecular weight excluding hydrogens is 202 g/mol. The van der Waals surface area contributed by atoms with Gasteiger partial charge in [0.05, 0.1) is 0 Å². The van der Waals surface area contributed by atoms with E-state index in [1.54, 1.807) is 6.20 Å². The van der Waals surface area contributed by atoms with Crippen molar-refractivity contribution < 1.29 is 5.11 Å². The molecule has 0 aliphatic rings. The minimum absolute atomic E-state index is 0.151. The first-order valence-electron chi connectivity index (χ1n) is 5.11. The topological polar surface area (TPSA) is 53.1 Å². The number of aromatic amines is 1. The van der Waals surface area contributed by atoms with Crippen LogP contribution in [0.5, 0.6) is 0 Å². The monoisotopic (exact) mass is 215 g/mol. The lowest BCUT2D eigenvalue weighted by atomic mass is 10.00. The Kier molecular flexibility index (Phi) is 2.88. The van der Waals surface area contributed by atoms with Crippen LogP contribution in [-0.4, -0.2) is 10.1 Å². The van der Waals surface area contributed by atoms with Crippen LogP contribution in [0.3, 0.4) is 0 Å². The maximum Gasteiger partial charge on any atom is 0.248 e. The molecule has 16 heavy (non-hydrogen) atoms. The number of aliphatic hydroxyl groups excluding tert-OH is 1. The molecule has 0 unspecified atom stereocenters.